The molecule has 0 radical (unpaired) electrons. The van der Waals surface area contributed by atoms with Crippen LogP contribution in [0.5, 0.6) is 0 Å². The highest BCUT2D eigenvalue weighted by molar-refractivity contribution is 7.80. The average molecular weight is 229 g/mol. The van der Waals surface area contributed by atoms with Crippen LogP contribution in [0.25, 0.3) is 0 Å². The van der Waals surface area contributed by atoms with Gasteiger partial charge in [-0.05, 0) is 11.1 Å². The zero-order valence-electron chi connectivity index (χ0n) is 7.83. The zero-order valence-corrected chi connectivity index (χ0v) is 8.65. The molecule has 3 N–H and O–H groups in total. The minimum atomic E-state index is -4.44. The van der Waals surface area contributed by atoms with E-state index in [1.807, 2.05) is 24.3 Å². The lowest BCUT2D eigenvalue weighted by Crippen LogP contribution is -2.27. The maximum atomic E-state index is 10.6. The Balaban J connectivity index is 2.24. The Morgan fingerprint density at radius 2 is 2.07 bits per heavy atom. The van der Waals surface area contributed by atoms with Gasteiger partial charge in [-0.2, -0.15) is 8.42 Å². The molecule has 0 aliphatic heterocycles. The normalized spacial score (nSPS) is 25.2. The molecule has 0 aromatic heterocycles. The molecule has 0 amide bonds. The van der Waals surface area contributed by atoms with Crippen LogP contribution in [0.4, 0.5) is 0 Å². The Bertz CT molecular complexity index is 471. The average Bonchev–Trinajstić information content (AvgIpc) is 2.42. The highest BCUT2D eigenvalue weighted by Gasteiger charge is 2.33. The van der Waals surface area contributed by atoms with Crippen LogP contribution in [0.15, 0.2) is 24.3 Å². The molecular formula is C9H11NO4S. The summed E-state index contributed by atoms with van der Waals surface area (Å²) in [4.78, 5) is 0. The predicted molar refractivity (Wildman–Crippen MR) is 53.5 cm³/mol. The lowest BCUT2D eigenvalue weighted by atomic mass is 10.1. The van der Waals surface area contributed by atoms with Gasteiger partial charge in [-0.3, -0.25) is 4.55 Å². The number of rotatable bonds is 2. The molecule has 1 aromatic carbocycles. The summed E-state index contributed by atoms with van der Waals surface area (Å²) in [5, 5.41) is 0. The van der Waals surface area contributed by atoms with Gasteiger partial charge in [-0.1, -0.05) is 24.3 Å². The smallest absolute Gasteiger partial charge is 0.322 e. The third-order valence-electron chi connectivity index (χ3n) is 2.48. The van der Waals surface area contributed by atoms with Gasteiger partial charge in [0, 0.05) is 6.42 Å². The molecular weight excluding hydrogens is 218 g/mol. The molecule has 2 rings (SSSR count). The van der Waals surface area contributed by atoms with E-state index in [-0.39, 0.29) is 0 Å². The fourth-order valence-corrected chi connectivity index (χ4v) is 2.34. The van der Waals surface area contributed by atoms with Crippen molar-refractivity contribution in [2.24, 2.45) is 5.73 Å². The summed E-state index contributed by atoms with van der Waals surface area (Å²) in [5.74, 6) is 0. The molecule has 0 heterocycles. The Hall–Kier alpha value is -0.950. The van der Waals surface area contributed by atoms with Crippen molar-refractivity contribution in [3.63, 3.8) is 0 Å². The minimum Gasteiger partial charge on any atom is -0.322 e. The lowest BCUT2D eigenvalue weighted by molar-refractivity contribution is 0.167. The van der Waals surface area contributed by atoms with Crippen molar-refractivity contribution in [3.8, 4) is 0 Å². The summed E-state index contributed by atoms with van der Waals surface area (Å²) in [5.41, 5.74) is 7.62. The van der Waals surface area contributed by atoms with E-state index in [0.717, 1.165) is 11.1 Å². The van der Waals surface area contributed by atoms with Crippen LogP contribution < -0.4 is 5.73 Å². The highest BCUT2D eigenvalue weighted by atomic mass is 32.3. The van der Waals surface area contributed by atoms with Gasteiger partial charge in [-0.15, -0.1) is 0 Å². The first-order valence-corrected chi connectivity index (χ1v) is 5.83. The molecule has 15 heavy (non-hydrogen) atoms. The van der Waals surface area contributed by atoms with Crippen LogP contribution >= 0.6 is 0 Å². The number of nitrogens with two attached hydrogens (primary N) is 1. The number of hydrogen-bond donors (Lipinski definition) is 2. The molecule has 82 valence electrons. The fraction of sp³-hybridized carbons (Fsp3) is 0.333. The third kappa shape index (κ3) is 2.18. The second kappa shape index (κ2) is 3.57. The van der Waals surface area contributed by atoms with Crippen molar-refractivity contribution in [1.82, 2.24) is 0 Å². The first-order valence-electron chi connectivity index (χ1n) is 4.46. The SMILES string of the molecule is N[C@@H]1c2ccccc2C[C@H]1OS(=O)(=O)O. The van der Waals surface area contributed by atoms with Gasteiger partial charge in [-0.25, -0.2) is 4.18 Å². The maximum Gasteiger partial charge on any atom is 0.397 e. The summed E-state index contributed by atoms with van der Waals surface area (Å²) in [7, 11) is -4.44. The van der Waals surface area contributed by atoms with Crippen LogP contribution in [-0.4, -0.2) is 19.1 Å². The van der Waals surface area contributed by atoms with Gasteiger partial charge < -0.3 is 5.73 Å². The fourth-order valence-electron chi connectivity index (χ4n) is 1.84. The van der Waals surface area contributed by atoms with E-state index in [4.69, 9.17) is 10.3 Å². The maximum absolute atomic E-state index is 10.6. The van der Waals surface area contributed by atoms with Gasteiger partial charge in [0.1, 0.15) is 6.10 Å². The van der Waals surface area contributed by atoms with Crippen LogP contribution in [0, 0.1) is 0 Å². The van der Waals surface area contributed by atoms with E-state index in [0.29, 0.717) is 6.42 Å². The molecule has 1 aliphatic carbocycles. The van der Waals surface area contributed by atoms with E-state index in [1.54, 1.807) is 0 Å². The molecule has 0 unspecified atom stereocenters. The summed E-state index contributed by atoms with van der Waals surface area (Å²) in [6.45, 7) is 0. The standard InChI is InChI=1S/C9H11NO4S/c10-9-7-4-2-1-3-6(7)5-8(9)14-15(11,12)13/h1-4,8-9H,5,10H2,(H,11,12,13)/t8-,9-/m1/s1. The van der Waals surface area contributed by atoms with E-state index in [9.17, 15) is 8.42 Å². The van der Waals surface area contributed by atoms with Crippen molar-refractivity contribution >= 4 is 10.4 Å². The largest absolute Gasteiger partial charge is 0.397 e. The quantitative estimate of drug-likeness (QED) is 0.718. The molecule has 1 aliphatic rings. The number of hydrogen-bond acceptors (Lipinski definition) is 4. The molecule has 1 aromatic rings. The van der Waals surface area contributed by atoms with Crippen LogP contribution in [0.1, 0.15) is 17.2 Å². The second-order valence-electron chi connectivity index (χ2n) is 3.49. The Kier molecular flexibility index (Phi) is 2.51. The van der Waals surface area contributed by atoms with Crippen LogP contribution in [0.3, 0.4) is 0 Å². The molecule has 0 spiro atoms. The Morgan fingerprint density at radius 1 is 1.40 bits per heavy atom. The van der Waals surface area contributed by atoms with Crippen molar-refractivity contribution in [2.45, 2.75) is 18.6 Å². The van der Waals surface area contributed by atoms with E-state index in [2.05, 4.69) is 4.18 Å². The third-order valence-corrected chi connectivity index (χ3v) is 2.97. The topological polar surface area (TPSA) is 89.6 Å². The molecule has 6 heteroatoms. The molecule has 0 saturated carbocycles. The van der Waals surface area contributed by atoms with E-state index < -0.39 is 22.5 Å². The molecule has 5 nitrogen and oxygen atoms in total. The molecule has 0 fully saturated rings. The molecule has 0 bridgehead atoms. The number of benzene rings is 1. The minimum absolute atomic E-state index is 0.400. The lowest BCUT2D eigenvalue weighted by Gasteiger charge is -2.13. The van der Waals surface area contributed by atoms with Crippen molar-refractivity contribution < 1.29 is 17.2 Å². The van der Waals surface area contributed by atoms with Gasteiger partial charge in [0.15, 0.2) is 0 Å². The second-order valence-corrected chi connectivity index (χ2v) is 4.54. The molecule has 0 saturated heterocycles. The highest BCUT2D eigenvalue weighted by Crippen LogP contribution is 2.31. The van der Waals surface area contributed by atoms with E-state index >= 15 is 0 Å². The molecule has 2 atom stereocenters. The van der Waals surface area contributed by atoms with Gasteiger partial charge in [0.2, 0.25) is 0 Å². The van der Waals surface area contributed by atoms with Crippen molar-refractivity contribution in [2.75, 3.05) is 0 Å². The van der Waals surface area contributed by atoms with Gasteiger partial charge >= 0.3 is 10.4 Å². The number of fused-ring (bicyclic) bond motifs is 1. The summed E-state index contributed by atoms with van der Waals surface area (Å²) >= 11 is 0. The van der Waals surface area contributed by atoms with Crippen molar-refractivity contribution in [1.29, 1.82) is 0 Å². The van der Waals surface area contributed by atoms with Crippen LogP contribution in [0.2, 0.25) is 0 Å². The Morgan fingerprint density at radius 3 is 2.67 bits per heavy atom. The first-order chi connectivity index (χ1) is 6.97. The predicted octanol–water partition coefficient (Wildman–Crippen LogP) is 0.431. The zero-order chi connectivity index (χ0) is 11.1. The monoisotopic (exact) mass is 229 g/mol. The van der Waals surface area contributed by atoms with Crippen LogP contribution in [-0.2, 0) is 21.0 Å². The summed E-state index contributed by atoms with van der Waals surface area (Å²) in [6, 6.07) is 6.86. The van der Waals surface area contributed by atoms with Gasteiger partial charge in [0.25, 0.3) is 0 Å². The Labute approximate surface area is 87.8 Å². The van der Waals surface area contributed by atoms with Crippen molar-refractivity contribution in [3.05, 3.63) is 35.4 Å². The first kappa shape index (κ1) is 10.6. The van der Waals surface area contributed by atoms with Gasteiger partial charge in [0.05, 0.1) is 6.04 Å². The summed E-state index contributed by atoms with van der Waals surface area (Å²) in [6.07, 6.45) is -0.311. The van der Waals surface area contributed by atoms with E-state index in [1.165, 1.54) is 0 Å². The summed E-state index contributed by atoms with van der Waals surface area (Å²) < 4.78 is 34.2.